The average molecular weight is 356 g/mol. The van der Waals surface area contributed by atoms with Gasteiger partial charge in [-0.3, -0.25) is 0 Å². The van der Waals surface area contributed by atoms with Crippen LogP contribution in [0.25, 0.3) is 0 Å². The van der Waals surface area contributed by atoms with Crippen molar-refractivity contribution in [2.75, 3.05) is 6.61 Å². The largest absolute Gasteiger partial charge is 0.479 e. The van der Waals surface area contributed by atoms with Gasteiger partial charge in [-0.2, -0.15) is 0 Å². The molecule has 2 aliphatic heterocycles. The Bertz CT molecular complexity index is 446. The number of rotatable bonds is 4. The van der Waals surface area contributed by atoms with Crippen molar-refractivity contribution in [1.29, 1.82) is 0 Å². The first-order valence-electron chi connectivity index (χ1n) is 7.07. The highest BCUT2D eigenvalue weighted by molar-refractivity contribution is 5.73. The van der Waals surface area contributed by atoms with E-state index in [0.717, 1.165) is 0 Å². The Kier molecular flexibility index (Phi) is 6.09. The summed E-state index contributed by atoms with van der Waals surface area (Å²) in [6.45, 7) is -0.698. The fourth-order valence-electron chi connectivity index (χ4n) is 2.54. The predicted molar refractivity (Wildman–Crippen MR) is 69.2 cm³/mol. The summed E-state index contributed by atoms with van der Waals surface area (Å²) in [7, 11) is 0. The van der Waals surface area contributed by atoms with E-state index in [0.29, 0.717) is 0 Å². The Morgan fingerprint density at radius 3 is 2.04 bits per heavy atom. The van der Waals surface area contributed by atoms with Crippen molar-refractivity contribution in [2.24, 2.45) is 0 Å². The number of aliphatic hydroxyl groups is 7. The highest BCUT2D eigenvalue weighted by Crippen LogP contribution is 2.28. The lowest BCUT2D eigenvalue weighted by atomic mass is 9.97. The van der Waals surface area contributed by atoms with E-state index in [2.05, 4.69) is 0 Å². The van der Waals surface area contributed by atoms with Crippen molar-refractivity contribution in [3.63, 3.8) is 0 Å². The van der Waals surface area contributed by atoms with Crippen molar-refractivity contribution >= 4 is 5.97 Å². The molecule has 140 valence electrons. The summed E-state index contributed by atoms with van der Waals surface area (Å²) < 4.78 is 14.7. The van der Waals surface area contributed by atoms with Crippen molar-refractivity contribution in [3.05, 3.63) is 0 Å². The molecule has 1 unspecified atom stereocenters. The Hall–Kier alpha value is -0.930. The number of aliphatic hydroxyl groups excluding tert-OH is 7. The molecule has 2 fully saturated rings. The van der Waals surface area contributed by atoms with Gasteiger partial charge in [0, 0.05) is 0 Å². The van der Waals surface area contributed by atoms with Gasteiger partial charge in [-0.05, 0) is 0 Å². The van der Waals surface area contributed by atoms with Crippen molar-refractivity contribution in [3.8, 4) is 0 Å². The third-order valence-electron chi connectivity index (χ3n) is 3.95. The predicted octanol–water partition coefficient (Wildman–Crippen LogP) is -5.30. The van der Waals surface area contributed by atoms with E-state index in [1.165, 1.54) is 0 Å². The number of ether oxygens (including phenoxy) is 3. The van der Waals surface area contributed by atoms with Gasteiger partial charge < -0.3 is 55.1 Å². The van der Waals surface area contributed by atoms with E-state index in [4.69, 9.17) is 24.4 Å². The van der Waals surface area contributed by atoms with Crippen LogP contribution in [-0.2, 0) is 19.0 Å². The fourth-order valence-corrected chi connectivity index (χ4v) is 2.54. The molecule has 12 heteroatoms. The zero-order valence-electron chi connectivity index (χ0n) is 12.2. The summed E-state index contributed by atoms with van der Waals surface area (Å²) in [5.74, 6) is -1.64. The highest BCUT2D eigenvalue weighted by atomic mass is 16.7. The van der Waals surface area contributed by atoms with Gasteiger partial charge in [0.05, 0.1) is 6.61 Å². The Morgan fingerprint density at radius 2 is 1.50 bits per heavy atom. The molecule has 0 aliphatic carbocycles. The second-order valence-electron chi connectivity index (χ2n) is 5.56. The lowest BCUT2D eigenvalue weighted by Gasteiger charge is -2.44. The monoisotopic (exact) mass is 356 g/mol. The molecule has 10 atom stereocenters. The second-order valence-corrected chi connectivity index (χ2v) is 5.56. The van der Waals surface area contributed by atoms with Crippen LogP contribution < -0.4 is 0 Å². The van der Waals surface area contributed by atoms with E-state index in [1.54, 1.807) is 0 Å². The van der Waals surface area contributed by atoms with Gasteiger partial charge in [-0.25, -0.2) is 4.79 Å². The normalized spacial score (nSPS) is 49.8. The summed E-state index contributed by atoms with van der Waals surface area (Å²) in [6.07, 6.45) is -17.8. The number of carboxylic acid groups (broad SMARTS) is 1. The topological polar surface area (TPSA) is 207 Å². The van der Waals surface area contributed by atoms with Crippen LogP contribution in [0.1, 0.15) is 0 Å². The standard InChI is InChI=1S/C12H20O12/c13-1-2-3(14)5(16)9(11(21)22-2)24-12-7(18)4(15)6(17)8(23-12)10(19)20/h2-9,11-18,21H,1H2,(H,19,20)/t2-,3-,4+,5+,6+,7-,8+,9+,11?,12+/m1/s1. The van der Waals surface area contributed by atoms with Gasteiger partial charge in [0.1, 0.15) is 42.7 Å². The van der Waals surface area contributed by atoms with Crippen LogP contribution in [0.3, 0.4) is 0 Å². The van der Waals surface area contributed by atoms with E-state index in [9.17, 15) is 35.4 Å². The van der Waals surface area contributed by atoms with Gasteiger partial charge in [0.2, 0.25) is 0 Å². The minimum absolute atomic E-state index is 0.698. The molecular weight excluding hydrogens is 336 g/mol. The lowest BCUT2D eigenvalue weighted by Crippen LogP contribution is -2.64. The fraction of sp³-hybridized carbons (Fsp3) is 0.917. The average Bonchev–Trinajstić information content (AvgIpc) is 2.54. The molecule has 0 aromatic heterocycles. The van der Waals surface area contributed by atoms with Crippen LogP contribution in [-0.4, -0.2) is 115 Å². The molecule has 0 aromatic carbocycles. The molecule has 0 amide bonds. The molecule has 0 bridgehead atoms. The molecule has 0 aromatic rings. The molecule has 2 heterocycles. The molecular formula is C12H20O12. The van der Waals surface area contributed by atoms with Gasteiger partial charge in [-0.15, -0.1) is 0 Å². The molecule has 8 N–H and O–H groups in total. The zero-order valence-corrected chi connectivity index (χ0v) is 12.2. The summed E-state index contributed by atoms with van der Waals surface area (Å²) in [4.78, 5) is 11.0. The SMILES string of the molecule is O=C(O)[C@H]1O[C@@H](O[C@@H]2C(O)O[C@H](CO)[C@@H](O)[C@@H]2O)[C@H](O)[C@@H](O)[C@@H]1O. The van der Waals surface area contributed by atoms with Crippen molar-refractivity contribution in [1.82, 2.24) is 0 Å². The van der Waals surface area contributed by atoms with Gasteiger partial charge in [0.15, 0.2) is 18.7 Å². The summed E-state index contributed by atoms with van der Waals surface area (Å²) in [6, 6.07) is 0. The van der Waals surface area contributed by atoms with Crippen LogP contribution in [0.2, 0.25) is 0 Å². The molecule has 0 spiro atoms. The molecule has 2 rings (SSSR count). The van der Waals surface area contributed by atoms with Crippen LogP contribution >= 0.6 is 0 Å². The zero-order chi connectivity index (χ0) is 18.2. The highest BCUT2D eigenvalue weighted by Gasteiger charge is 2.51. The number of carboxylic acids is 1. The van der Waals surface area contributed by atoms with E-state index >= 15 is 0 Å². The molecule has 0 saturated carbocycles. The van der Waals surface area contributed by atoms with Crippen molar-refractivity contribution in [2.45, 2.75) is 61.4 Å². The second kappa shape index (κ2) is 7.53. The molecule has 2 saturated heterocycles. The number of hydrogen-bond acceptors (Lipinski definition) is 11. The summed E-state index contributed by atoms with van der Waals surface area (Å²) in [5, 5.41) is 76.4. The summed E-state index contributed by atoms with van der Waals surface area (Å²) in [5.41, 5.74) is 0. The van der Waals surface area contributed by atoms with Crippen LogP contribution in [0.15, 0.2) is 0 Å². The first-order valence-corrected chi connectivity index (χ1v) is 7.07. The van der Waals surface area contributed by atoms with Gasteiger partial charge in [0.25, 0.3) is 0 Å². The minimum Gasteiger partial charge on any atom is -0.479 e. The van der Waals surface area contributed by atoms with E-state index < -0.39 is 74.0 Å². The first kappa shape index (κ1) is 19.4. The van der Waals surface area contributed by atoms with E-state index in [1.807, 2.05) is 0 Å². The molecule has 24 heavy (non-hydrogen) atoms. The number of carbonyl (C=O) groups is 1. The third-order valence-corrected chi connectivity index (χ3v) is 3.95. The first-order chi connectivity index (χ1) is 11.2. The quantitative estimate of drug-likeness (QED) is 0.238. The maximum absolute atomic E-state index is 11.0. The maximum atomic E-state index is 11.0. The third kappa shape index (κ3) is 3.52. The summed E-state index contributed by atoms with van der Waals surface area (Å²) >= 11 is 0. The number of hydrogen-bond donors (Lipinski definition) is 8. The smallest absolute Gasteiger partial charge is 0.335 e. The molecule has 12 nitrogen and oxygen atoms in total. The van der Waals surface area contributed by atoms with Crippen LogP contribution in [0, 0.1) is 0 Å². The van der Waals surface area contributed by atoms with E-state index in [-0.39, 0.29) is 0 Å². The van der Waals surface area contributed by atoms with Crippen molar-refractivity contribution < 1.29 is 59.9 Å². The van der Waals surface area contributed by atoms with Gasteiger partial charge >= 0.3 is 5.97 Å². The minimum atomic E-state index is -1.93. The van der Waals surface area contributed by atoms with Crippen LogP contribution in [0.4, 0.5) is 0 Å². The van der Waals surface area contributed by atoms with Gasteiger partial charge in [-0.1, -0.05) is 0 Å². The maximum Gasteiger partial charge on any atom is 0.335 e. The molecule has 2 aliphatic rings. The Morgan fingerprint density at radius 1 is 0.875 bits per heavy atom. The Balaban J connectivity index is 2.12. The van der Waals surface area contributed by atoms with Crippen LogP contribution in [0.5, 0.6) is 0 Å². The Labute approximate surface area is 135 Å². The molecule has 0 radical (unpaired) electrons. The lowest BCUT2D eigenvalue weighted by molar-refractivity contribution is -0.357. The number of aliphatic carboxylic acids is 1.